The predicted molar refractivity (Wildman–Crippen MR) is 82.7 cm³/mol. The average molecular weight is 271 g/mol. The van der Waals surface area contributed by atoms with Gasteiger partial charge in [-0.05, 0) is 23.4 Å². The molecule has 1 aromatic carbocycles. The molecule has 0 bridgehead atoms. The molecule has 0 aliphatic carbocycles. The number of benzene rings is 1. The summed E-state index contributed by atoms with van der Waals surface area (Å²) >= 11 is 1.79. The average Bonchev–Trinajstić information content (AvgIpc) is 3.02. The Morgan fingerprint density at radius 3 is 2.89 bits per heavy atom. The Morgan fingerprint density at radius 1 is 1.26 bits per heavy atom. The van der Waals surface area contributed by atoms with Crippen LogP contribution in [0.25, 0.3) is 20.7 Å². The molecule has 3 rings (SSSR count). The van der Waals surface area contributed by atoms with Gasteiger partial charge in [-0.15, -0.1) is 11.3 Å². The van der Waals surface area contributed by atoms with Crippen LogP contribution in [0, 0.1) is 5.92 Å². The van der Waals surface area contributed by atoms with Gasteiger partial charge < -0.3 is 5.32 Å². The van der Waals surface area contributed by atoms with Crippen LogP contribution in [0.2, 0.25) is 0 Å². The first kappa shape index (κ1) is 12.2. The van der Waals surface area contributed by atoms with E-state index in [0.717, 1.165) is 18.1 Å². The van der Waals surface area contributed by atoms with E-state index >= 15 is 0 Å². The number of nitrogens with one attached hydrogen (secondary N) is 2. The van der Waals surface area contributed by atoms with Crippen LogP contribution < -0.4 is 5.32 Å². The van der Waals surface area contributed by atoms with Gasteiger partial charge in [0.05, 0.1) is 10.6 Å². The van der Waals surface area contributed by atoms with Crippen molar-refractivity contribution in [1.82, 2.24) is 10.2 Å². The predicted octanol–water partition coefficient (Wildman–Crippen LogP) is 4.36. The molecule has 0 unspecified atom stereocenters. The molecule has 2 N–H and O–H groups in total. The Hall–Kier alpha value is -1.81. The van der Waals surface area contributed by atoms with Crippen LogP contribution in [-0.4, -0.2) is 16.7 Å². The van der Waals surface area contributed by atoms with Crippen LogP contribution in [0.5, 0.6) is 0 Å². The number of hydrogen-bond acceptors (Lipinski definition) is 3. The molecule has 0 atom stereocenters. The maximum absolute atomic E-state index is 4.31. The molecule has 0 saturated heterocycles. The maximum Gasteiger partial charge on any atom is 0.148 e. The third-order valence-electron chi connectivity index (χ3n) is 2.96. The van der Waals surface area contributed by atoms with Gasteiger partial charge in [0.25, 0.3) is 0 Å². The lowest BCUT2D eigenvalue weighted by molar-refractivity contribution is 0.687. The molecule has 0 saturated carbocycles. The Morgan fingerprint density at radius 2 is 2.11 bits per heavy atom. The third-order valence-corrected chi connectivity index (χ3v) is 4.11. The summed E-state index contributed by atoms with van der Waals surface area (Å²) in [6, 6.07) is 12.7. The molecule has 0 fully saturated rings. The summed E-state index contributed by atoms with van der Waals surface area (Å²) in [4.78, 5) is 1.23. The number of rotatable bonds is 4. The Bertz CT molecular complexity index is 648. The second-order valence-corrected chi connectivity index (χ2v) is 6.17. The molecule has 2 aromatic heterocycles. The molecule has 2 heterocycles. The number of aromatic nitrogens is 2. The standard InChI is InChI=1S/C15H17N3S/c1-10(2)9-16-15-8-12(17-18-15)14-7-11-5-3-4-6-13(11)19-14/h3-8,10H,9H2,1-2H3,(H2,16,17,18). The monoisotopic (exact) mass is 271 g/mol. The number of hydrogen-bond donors (Lipinski definition) is 2. The van der Waals surface area contributed by atoms with Gasteiger partial charge in [-0.25, -0.2) is 0 Å². The van der Waals surface area contributed by atoms with Gasteiger partial charge in [0, 0.05) is 17.3 Å². The lowest BCUT2D eigenvalue weighted by Crippen LogP contribution is -2.07. The van der Waals surface area contributed by atoms with Crippen LogP contribution in [0.3, 0.4) is 0 Å². The molecule has 4 heteroatoms. The van der Waals surface area contributed by atoms with Gasteiger partial charge in [-0.3, -0.25) is 5.10 Å². The molecule has 0 spiro atoms. The van der Waals surface area contributed by atoms with Gasteiger partial charge in [0.1, 0.15) is 5.82 Å². The molecule has 0 amide bonds. The molecular formula is C15H17N3S. The smallest absolute Gasteiger partial charge is 0.148 e. The summed E-state index contributed by atoms with van der Waals surface area (Å²) in [5, 5.41) is 12.0. The third kappa shape index (κ3) is 2.63. The van der Waals surface area contributed by atoms with Crippen molar-refractivity contribution in [2.45, 2.75) is 13.8 Å². The highest BCUT2D eigenvalue weighted by Crippen LogP contribution is 2.33. The largest absolute Gasteiger partial charge is 0.368 e. The van der Waals surface area contributed by atoms with Crippen molar-refractivity contribution in [2.24, 2.45) is 5.92 Å². The first-order valence-electron chi connectivity index (χ1n) is 6.50. The van der Waals surface area contributed by atoms with Gasteiger partial charge in [0.15, 0.2) is 0 Å². The molecular weight excluding hydrogens is 254 g/mol. The minimum atomic E-state index is 0.615. The summed E-state index contributed by atoms with van der Waals surface area (Å²) in [6.07, 6.45) is 0. The highest BCUT2D eigenvalue weighted by molar-refractivity contribution is 7.22. The summed E-state index contributed by atoms with van der Waals surface area (Å²) < 4.78 is 1.31. The number of thiophene rings is 1. The van der Waals surface area contributed by atoms with E-state index in [2.05, 4.69) is 65.8 Å². The number of fused-ring (bicyclic) bond motifs is 1. The fourth-order valence-corrected chi connectivity index (χ4v) is 2.99. The Kier molecular flexibility index (Phi) is 3.25. The van der Waals surface area contributed by atoms with Gasteiger partial charge in [-0.2, -0.15) is 5.10 Å². The Labute approximate surface area is 116 Å². The van der Waals surface area contributed by atoms with E-state index in [1.807, 2.05) is 0 Å². The summed E-state index contributed by atoms with van der Waals surface area (Å²) in [5.74, 6) is 1.53. The SMILES string of the molecule is CC(C)CNc1cc(-c2cc3ccccc3s2)[nH]n1. The summed E-state index contributed by atoms with van der Waals surface area (Å²) in [5.41, 5.74) is 1.08. The fraction of sp³-hybridized carbons (Fsp3) is 0.267. The van der Waals surface area contributed by atoms with Crippen molar-refractivity contribution in [3.05, 3.63) is 36.4 Å². The van der Waals surface area contributed by atoms with Crippen molar-refractivity contribution >= 4 is 27.2 Å². The zero-order valence-electron chi connectivity index (χ0n) is 11.1. The van der Waals surface area contributed by atoms with E-state index in [9.17, 15) is 0 Å². The quantitative estimate of drug-likeness (QED) is 0.740. The number of H-pyrrole nitrogens is 1. The van der Waals surface area contributed by atoms with Crippen molar-refractivity contribution in [2.75, 3.05) is 11.9 Å². The zero-order valence-corrected chi connectivity index (χ0v) is 11.9. The minimum absolute atomic E-state index is 0.615. The van der Waals surface area contributed by atoms with E-state index in [-0.39, 0.29) is 0 Å². The fourth-order valence-electron chi connectivity index (χ4n) is 1.96. The van der Waals surface area contributed by atoms with E-state index in [4.69, 9.17) is 0 Å². The number of nitrogens with zero attached hydrogens (tertiary/aromatic N) is 1. The van der Waals surface area contributed by atoms with Gasteiger partial charge in [0.2, 0.25) is 0 Å². The molecule has 0 aliphatic heterocycles. The van der Waals surface area contributed by atoms with E-state index in [1.165, 1.54) is 15.0 Å². The van der Waals surface area contributed by atoms with Gasteiger partial charge >= 0.3 is 0 Å². The van der Waals surface area contributed by atoms with E-state index in [0.29, 0.717) is 5.92 Å². The van der Waals surface area contributed by atoms with Crippen LogP contribution in [0.1, 0.15) is 13.8 Å². The van der Waals surface area contributed by atoms with E-state index < -0.39 is 0 Å². The lowest BCUT2D eigenvalue weighted by atomic mass is 10.2. The number of anilines is 1. The minimum Gasteiger partial charge on any atom is -0.368 e. The molecule has 98 valence electrons. The van der Waals surface area contributed by atoms with Gasteiger partial charge in [-0.1, -0.05) is 32.0 Å². The second kappa shape index (κ2) is 5.05. The number of aromatic amines is 1. The molecule has 0 aliphatic rings. The molecule has 0 radical (unpaired) electrons. The van der Waals surface area contributed by atoms with E-state index in [1.54, 1.807) is 11.3 Å². The Balaban J connectivity index is 1.85. The van der Waals surface area contributed by atoms with Crippen LogP contribution in [0.4, 0.5) is 5.82 Å². The summed E-state index contributed by atoms with van der Waals surface area (Å²) in [7, 11) is 0. The van der Waals surface area contributed by atoms with Crippen molar-refractivity contribution < 1.29 is 0 Å². The highest BCUT2D eigenvalue weighted by atomic mass is 32.1. The second-order valence-electron chi connectivity index (χ2n) is 5.09. The van der Waals surface area contributed by atoms with Crippen LogP contribution >= 0.6 is 11.3 Å². The topological polar surface area (TPSA) is 40.7 Å². The zero-order chi connectivity index (χ0) is 13.2. The lowest BCUT2D eigenvalue weighted by Gasteiger charge is -2.04. The summed E-state index contributed by atoms with van der Waals surface area (Å²) in [6.45, 7) is 5.32. The van der Waals surface area contributed by atoms with Crippen LogP contribution in [0.15, 0.2) is 36.4 Å². The highest BCUT2D eigenvalue weighted by Gasteiger charge is 2.07. The van der Waals surface area contributed by atoms with Crippen molar-refractivity contribution in [3.63, 3.8) is 0 Å². The molecule has 3 nitrogen and oxygen atoms in total. The molecule has 19 heavy (non-hydrogen) atoms. The van der Waals surface area contributed by atoms with Crippen molar-refractivity contribution in [3.8, 4) is 10.6 Å². The first-order chi connectivity index (χ1) is 9.22. The van der Waals surface area contributed by atoms with Crippen LogP contribution in [-0.2, 0) is 0 Å². The first-order valence-corrected chi connectivity index (χ1v) is 7.32. The van der Waals surface area contributed by atoms with Crippen molar-refractivity contribution in [1.29, 1.82) is 0 Å². The maximum atomic E-state index is 4.31. The normalized spacial score (nSPS) is 11.3. The molecule has 3 aromatic rings.